The number of hydrogen-bond donors (Lipinski definition) is 0. The third-order valence-corrected chi connectivity index (χ3v) is 2.35. The van der Waals surface area contributed by atoms with E-state index in [0.29, 0.717) is 6.29 Å². The molecule has 0 aromatic heterocycles. The summed E-state index contributed by atoms with van der Waals surface area (Å²) >= 11 is 0. The summed E-state index contributed by atoms with van der Waals surface area (Å²) in [5, 5.41) is 8.87. The van der Waals surface area contributed by atoms with Crippen molar-refractivity contribution in [2.45, 2.75) is 19.7 Å². The number of carbonyl (C=O) groups is 2. The lowest BCUT2D eigenvalue weighted by Gasteiger charge is -2.12. The molecule has 1 aromatic carbocycles. The van der Waals surface area contributed by atoms with Gasteiger partial charge in [-0.25, -0.2) is 0 Å². The first-order valence-electron chi connectivity index (χ1n) is 5.74. The number of ether oxygens (including phenoxy) is 2. The van der Waals surface area contributed by atoms with Crippen LogP contribution < -0.4 is 4.74 Å². The Kier molecular flexibility index (Phi) is 5.30. The van der Waals surface area contributed by atoms with Crippen LogP contribution in [0, 0.1) is 11.3 Å². The number of rotatable bonds is 5. The summed E-state index contributed by atoms with van der Waals surface area (Å²) in [7, 11) is 0. The van der Waals surface area contributed by atoms with Crippen molar-refractivity contribution in [3.8, 4) is 11.8 Å². The second-order valence-corrected chi connectivity index (χ2v) is 3.80. The zero-order valence-corrected chi connectivity index (χ0v) is 10.9. The Morgan fingerprint density at radius 2 is 2.10 bits per heavy atom. The van der Waals surface area contributed by atoms with Crippen LogP contribution in [0.2, 0.25) is 0 Å². The number of alkyl halides is 3. The molecule has 0 aliphatic rings. The average molecular weight is 301 g/mol. The van der Waals surface area contributed by atoms with Crippen LogP contribution in [0.15, 0.2) is 12.1 Å². The van der Waals surface area contributed by atoms with Gasteiger partial charge < -0.3 is 9.47 Å². The Balaban J connectivity index is 3.25. The Labute approximate surface area is 117 Å². The van der Waals surface area contributed by atoms with Crippen LogP contribution in [0.3, 0.4) is 0 Å². The molecular formula is C13H10F3NO4. The fraction of sp³-hybridized carbons (Fsp3) is 0.308. The minimum absolute atomic E-state index is 0.0678. The Morgan fingerprint density at radius 1 is 1.43 bits per heavy atom. The molecule has 0 amide bonds. The van der Waals surface area contributed by atoms with E-state index in [1.165, 1.54) is 0 Å². The molecule has 0 aliphatic heterocycles. The lowest BCUT2D eigenvalue weighted by Crippen LogP contribution is -2.18. The molecule has 0 bridgehead atoms. The van der Waals surface area contributed by atoms with Crippen molar-refractivity contribution in [2.24, 2.45) is 0 Å². The molecule has 0 heterocycles. The van der Waals surface area contributed by atoms with E-state index in [2.05, 4.69) is 9.47 Å². The predicted molar refractivity (Wildman–Crippen MR) is 63.6 cm³/mol. The molecule has 0 saturated carbocycles. The number of halogens is 3. The summed E-state index contributed by atoms with van der Waals surface area (Å²) in [4.78, 5) is 22.4. The first kappa shape index (κ1) is 16.5. The lowest BCUT2D eigenvalue weighted by molar-refractivity contribution is -0.274. The van der Waals surface area contributed by atoms with Gasteiger partial charge in [-0.2, -0.15) is 5.26 Å². The second kappa shape index (κ2) is 6.74. The third kappa shape index (κ3) is 4.80. The Hall–Kier alpha value is -2.56. The summed E-state index contributed by atoms with van der Waals surface area (Å²) in [6.07, 6.45) is -5.09. The largest absolute Gasteiger partial charge is 0.573 e. The number of hydrogen-bond acceptors (Lipinski definition) is 5. The normalized spacial score (nSPS) is 10.6. The molecule has 1 rings (SSSR count). The van der Waals surface area contributed by atoms with E-state index >= 15 is 0 Å². The van der Waals surface area contributed by atoms with E-state index < -0.39 is 24.5 Å². The molecule has 0 aliphatic carbocycles. The van der Waals surface area contributed by atoms with E-state index in [1.807, 2.05) is 0 Å². The minimum Gasteiger partial charge on any atom is -0.466 e. The number of benzene rings is 1. The van der Waals surface area contributed by atoms with Gasteiger partial charge in [0.2, 0.25) is 0 Å². The van der Waals surface area contributed by atoms with Crippen molar-refractivity contribution in [2.75, 3.05) is 6.61 Å². The molecule has 0 radical (unpaired) electrons. The van der Waals surface area contributed by atoms with E-state index in [4.69, 9.17) is 5.26 Å². The van der Waals surface area contributed by atoms with Crippen LogP contribution in [-0.2, 0) is 16.0 Å². The molecule has 0 atom stereocenters. The molecule has 5 nitrogen and oxygen atoms in total. The van der Waals surface area contributed by atoms with Crippen molar-refractivity contribution in [1.29, 1.82) is 5.26 Å². The van der Waals surface area contributed by atoms with Crippen LogP contribution >= 0.6 is 0 Å². The molecule has 0 spiro atoms. The summed E-state index contributed by atoms with van der Waals surface area (Å²) in [5.74, 6) is -1.41. The van der Waals surface area contributed by atoms with Crippen LogP contribution in [-0.4, -0.2) is 25.2 Å². The van der Waals surface area contributed by atoms with Crippen molar-refractivity contribution in [3.63, 3.8) is 0 Å². The highest BCUT2D eigenvalue weighted by Crippen LogP contribution is 2.27. The van der Waals surface area contributed by atoms with E-state index in [-0.39, 0.29) is 23.3 Å². The molecular weight excluding hydrogens is 291 g/mol. The summed E-state index contributed by atoms with van der Waals surface area (Å²) in [6.45, 7) is 1.64. The highest BCUT2D eigenvalue weighted by molar-refractivity contribution is 5.85. The number of esters is 1. The maximum Gasteiger partial charge on any atom is 0.573 e. The topological polar surface area (TPSA) is 76.4 Å². The monoisotopic (exact) mass is 301 g/mol. The zero-order valence-electron chi connectivity index (χ0n) is 10.9. The van der Waals surface area contributed by atoms with Gasteiger partial charge in [0, 0.05) is 5.56 Å². The summed E-state index contributed by atoms with van der Waals surface area (Å²) < 4.78 is 45.0. The maximum absolute atomic E-state index is 12.2. The number of nitrogens with zero attached hydrogens (tertiary/aromatic N) is 1. The number of nitriles is 1. The van der Waals surface area contributed by atoms with E-state index in [0.717, 1.165) is 12.1 Å². The molecule has 1 aromatic rings. The highest BCUT2D eigenvalue weighted by atomic mass is 19.4. The SMILES string of the molecule is CCOC(=O)Cc1cc(OC(F)(F)F)cc(C#N)c1C=O. The van der Waals surface area contributed by atoms with Gasteiger partial charge in [0.05, 0.1) is 18.6 Å². The second-order valence-electron chi connectivity index (χ2n) is 3.80. The van der Waals surface area contributed by atoms with Crippen molar-refractivity contribution < 1.29 is 32.2 Å². The average Bonchev–Trinajstić information content (AvgIpc) is 2.36. The van der Waals surface area contributed by atoms with Crippen LogP contribution in [0.5, 0.6) is 5.75 Å². The van der Waals surface area contributed by atoms with E-state index in [1.54, 1.807) is 13.0 Å². The Morgan fingerprint density at radius 3 is 2.57 bits per heavy atom. The van der Waals surface area contributed by atoms with Crippen molar-refractivity contribution in [1.82, 2.24) is 0 Å². The minimum atomic E-state index is -4.95. The molecule has 0 N–H and O–H groups in total. The molecule has 21 heavy (non-hydrogen) atoms. The smallest absolute Gasteiger partial charge is 0.466 e. The van der Waals surface area contributed by atoms with Crippen LogP contribution in [0.25, 0.3) is 0 Å². The van der Waals surface area contributed by atoms with Gasteiger partial charge in [0.25, 0.3) is 0 Å². The molecule has 0 unspecified atom stereocenters. The highest BCUT2D eigenvalue weighted by Gasteiger charge is 2.31. The zero-order chi connectivity index (χ0) is 16.0. The number of carbonyl (C=O) groups excluding carboxylic acids is 2. The maximum atomic E-state index is 12.2. The standard InChI is InChI=1S/C13H10F3NO4/c1-2-20-12(19)5-8-3-10(21-13(14,15)16)4-9(6-17)11(8)7-18/h3-4,7H,2,5H2,1H3. The summed E-state index contributed by atoms with van der Waals surface area (Å²) in [5.41, 5.74) is -0.548. The fourth-order valence-corrected chi connectivity index (χ4v) is 1.62. The lowest BCUT2D eigenvalue weighted by atomic mass is 10.00. The van der Waals surface area contributed by atoms with Gasteiger partial charge in [0.15, 0.2) is 6.29 Å². The molecule has 112 valence electrons. The first-order chi connectivity index (χ1) is 9.80. The Bertz CT molecular complexity index is 590. The van der Waals surface area contributed by atoms with Crippen LogP contribution in [0.1, 0.15) is 28.4 Å². The van der Waals surface area contributed by atoms with Gasteiger partial charge in [0.1, 0.15) is 11.8 Å². The molecule has 8 heteroatoms. The van der Waals surface area contributed by atoms with Gasteiger partial charge >= 0.3 is 12.3 Å². The predicted octanol–water partition coefficient (Wildman–Crippen LogP) is 2.37. The molecule has 0 saturated heterocycles. The quantitative estimate of drug-likeness (QED) is 0.616. The van der Waals surface area contributed by atoms with Gasteiger partial charge in [-0.15, -0.1) is 13.2 Å². The van der Waals surface area contributed by atoms with Gasteiger partial charge in [-0.1, -0.05) is 0 Å². The number of aldehydes is 1. The third-order valence-electron chi connectivity index (χ3n) is 2.35. The van der Waals surface area contributed by atoms with E-state index in [9.17, 15) is 22.8 Å². The first-order valence-corrected chi connectivity index (χ1v) is 5.74. The molecule has 0 fully saturated rings. The summed E-state index contributed by atoms with van der Waals surface area (Å²) in [6, 6.07) is 3.26. The van der Waals surface area contributed by atoms with Gasteiger partial charge in [-0.3, -0.25) is 9.59 Å². The fourth-order valence-electron chi connectivity index (χ4n) is 1.62. The van der Waals surface area contributed by atoms with Gasteiger partial charge in [-0.05, 0) is 24.6 Å². The van der Waals surface area contributed by atoms with Crippen molar-refractivity contribution in [3.05, 3.63) is 28.8 Å². The van der Waals surface area contributed by atoms with Crippen LogP contribution in [0.4, 0.5) is 13.2 Å². The van der Waals surface area contributed by atoms with Crippen molar-refractivity contribution >= 4 is 12.3 Å².